The summed E-state index contributed by atoms with van der Waals surface area (Å²) in [4.78, 5) is 12.9. The molecule has 1 N–H and O–H groups in total. The number of methoxy groups -OCH3 is 1. The standard InChI is InChI=1S/C27H24ClNO3/c1-18(19-10-13-23(28)14-11-19)29-27(30)21-12-15-25(31-2)22(16-21)17-32-26-9-5-7-20-6-3-4-8-24(20)26/h3-16,18H,17H2,1-2H3,(H,29,30)/t18-/m1/s1. The van der Waals surface area contributed by atoms with Crippen LogP contribution in [-0.4, -0.2) is 13.0 Å². The normalized spacial score (nSPS) is 11.7. The summed E-state index contributed by atoms with van der Waals surface area (Å²) in [6.45, 7) is 2.22. The number of carbonyl (C=O) groups excluding carboxylic acids is 1. The maximum Gasteiger partial charge on any atom is 0.251 e. The van der Waals surface area contributed by atoms with E-state index in [-0.39, 0.29) is 18.6 Å². The molecule has 0 fully saturated rings. The van der Waals surface area contributed by atoms with E-state index >= 15 is 0 Å². The zero-order valence-electron chi connectivity index (χ0n) is 18.0. The van der Waals surface area contributed by atoms with Gasteiger partial charge in [-0.05, 0) is 54.3 Å². The first-order chi connectivity index (χ1) is 15.5. The number of halogens is 1. The Kier molecular flexibility index (Phi) is 6.62. The molecule has 0 aliphatic carbocycles. The van der Waals surface area contributed by atoms with E-state index in [1.807, 2.05) is 67.6 Å². The van der Waals surface area contributed by atoms with Crippen LogP contribution in [0.5, 0.6) is 11.5 Å². The Morgan fingerprint density at radius 1 is 0.938 bits per heavy atom. The van der Waals surface area contributed by atoms with Crippen LogP contribution in [-0.2, 0) is 6.61 Å². The molecule has 4 aromatic rings. The van der Waals surface area contributed by atoms with Gasteiger partial charge in [0.2, 0.25) is 0 Å². The smallest absolute Gasteiger partial charge is 0.251 e. The van der Waals surface area contributed by atoms with Crippen LogP contribution >= 0.6 is 11.6 Å². The van der Waals surface area contributed by atoms with E-state index < -0.39 is 0 Å². The van der Waals surface area contributed by atoms with Crippen LogP contribution in [0.1, 0.15) is 34.5 Å². The van der Waals surface area contributed by atoms with Gasteiger partial charge in [-0.3, -0.25) is 4.79 Å². The Hall–Kier alpha value is -3.50. The third kappa shape index (κ3) is 4.87. The van der Waals surface area contributed by atoms with E-state index in [2.05, 4.69) is 17.4 Å². The Bertz CT molecular complexity index is 1230. The van der Waals surface area contributed by atoms with Crippen molar-refractivity contribution in [2.45, 2.75) is 19.6 Å². The zero-order valence-corrected chi connectivity index (χ0v) is 18.7. The summed E-state index contributed by atoms with van der Waals surface area (Å²) in [5, 5.41) is 5.85. The summed E-state index contributed by atoms with van der Waals surface area (Å²) in [5.41, 5.74) is 2.33. The number of amides is 1. The molecule has 1 atom stereocenters. The minimum atomic E-state index is -0.165. The zero-order chi connectivity index (χ0) is 22.5. The summed E-state index contributed by atoms with van der Waals surface area (Å²) >= 11 is 5.96. The van der Waals surface area contributed by atoms with Gasteiger partial charge < -0.3 is 14.8 Å². The monoisotopic (exact) mass is 445 g/mol. The van der Waals surface area contributed by atoms with Gasteiger partial charge in [0, 0.05) is 21.5 Å². The molecule has 0 aromatic heterocycles. The van der Waals surface area contributed by atoms with Gasteiger partial charge in [0.15, 0.2) is 0 Å². The highest BCUT2D eigenvalue weighted by Gasteiger charge is 2.15. The van der Waals surface area contributed by atoms with E-state index in [4.69, 9.17) is 21.1 Å². The molecule has 0 unspecified atom stereocenters. The molecule has 1 amide bonds. The summed E-state index contributed by atoms with van der Waals surface area (Å²) in [6.07, 6.45) is 0. The molecule has 4 aromatic carbocycles. The first-order valence-corrected chi connectivity index (χ1v) is 10.8. The number of hydrogen-bond acceptors (Lipinski definition) is 3. The van der Waals surface area contributed by atoms with Crippen LogP contribution in [0.3, 0.4) is 0 Å². The predicted octanol–water partition coefficient (Wildman–Crippen LogP) is 6.57. The highest BCUT2D eigenvalue weighted by atomic mass is 35.5. The van der Waals surface area contributed by atoms with Gasteiger partial charge in [-0.25, -0.2) is 0 Å². The van der Waals surface area contributed by atoms with Gasteiger partial charge in [0.25, 0.3) is 5.91 Å². The maximum absolute atomic E-state index is 12.9. The molecule has 0 bridgehead atoms. The summed E-state index contributed by atoms with van der Waals surface area (Å²) in [5.74, 6) is 1.30. The third-order valence-electron chi connectivity index (χ3n) is 5.39. The highest BCUT2D eigenvalue weighted by molar-refractivity contribution is 6.30. The maximum atomic E-state index is 12.9. The summed E-state index contributed by atoms with van der Waals surface area (Å²) in [6, 6.07) is 26.7. The molecule has 4 nitrogen and oxygen atoms in total. The molecule has 32 heavy (non-hydrogen) atoms. The Balaban J connectivity index is 1.51. The first kappa shape index (κ1) is 21.7. The van der Waals surface area contributed by atoms with Crippen LogP contribution < -0.4 is 14.8 Å². The van der Waals surface area contributed by atoms with Crippen molar-refractivity contribution in [3.63, 3.8) is 0 Å². The molecule has 0 aliphatic heterocycles. The minimum Gasteiger partial charge on any atom is -0.496 e. The molecule has 4 rings (SSSR count). The van der Waals surface area contributed by atoms with Crippen LogP contribution in [0, 0.1) is 0 Å². The van der Waals surface area contributed by atoms with Crippen LogP contribution in [0.2, 0.25) is 5.02 Å². The van der Waals surface area contributed by atoms with E-state index in [0.29, 0.717) is 16.3 Å². The average molecular weight is 446 g/mol. The number of hydrogen-bond donors (Lipinski definition) is 1. The van der Waals surface area contributed by atoms with Gasteiger partial charge in [-0.1, -0.05) is 60.1 Å². The summed E-state index contributed by atoms with van der Waals surface area (Å²) in [7, 11) is 1.61. The van der Waals surface area contributed by atoms with Gasteiger partial charge in [-0.2, -0.15) is 0 Å². The van der Waals surface area contributed by atoms with Gasteiger partial charge >= 0.3 is 0 Å². The molecule has 0 heterocycles. The predicted molar refractivity (Wildman–Crippen MR) is 129 cm³/mol. The number of ether oxygens (including phenoxy) is 2. The van der Waals surface area contributed by atoms with Crippen molar-refractivity contribution in [3.8, 4) is 11.5 Å². The van der Waals surface area contributed by atoms with Crippen LogP contribution in [0.4, 0.5) is 0 Å². The third-order valence-corrected chi connectivity index (χ3v) is 5.64. The van der Waals surface area contributed by atoms with Crippen molar-refractivity contribution in [1.82, 2.24) is 5.32 Å². The Labute approximate surface area is 192 Å². The lowest BCUT2D eigenvalue weighted by Gasteiger charge is -2.16. The number of carbonyl (C=O) groups is 1. The van der Waals surface area contributed by atoms with Crippen molar-refractivity contribution < 1.29 is 14.3 Å². The van der Waals surface area contributed by atoms with Crippen molar-refractivity contribution >= 4 is 28.3 Å². The fourth-order valence-corrected chi connectivity index (χ4v) is 3.75. The molecule has 0 spiro atoms. The van der Waals surface area contributed by atoms with E-state index in [0.717, 1.165) is 27.6 Å². The molecule has 0 saturated heterocycles. The van der Waals surface area contributed by atoms with E-state index in [1.54, 1.807) is 19.2 Å². The highest BCUT2D eigenvalue weighted by Crippen LogP contribution is 2.28. The number of nitrogens with one attached hydrogen (secondary N) is 1. The lowest BCUT2D eigenvalue weighted by molar-refractivity contribution is 0.0939. The molecule has 0 aliphatic rings. The van der Waals surface area contributed by atoms with Crippen LogP contribution in [0.25, 0.3) is 10.8 Å². The number of benzene rings is 4. The fourth-order valence-electron chi connectivity index (χ4n) is 3.62. The number of rotatable bonds is 7. The first-order valence-electron chi connectivity index (χ1n) is 10.4. The molecule has 5 heteroatoms. The molecule has 162 valence electrons. The Morgan fingerprint density at radius 3 is 2.47 bits per heavy atom. The lowest BCUT2D eigenvalue weighted by atomic mass is 10.1. The largest absolute Gasteiger partial charge is 0.496 e. The van der Waals surface area contributed by atoms with Crippen molar-refractivity contribution in [2.75, 3.05) is 7.11 Å². The topological polar surface area (TPSA) is 47.6 Å². The van der Waals surface area contributed by atoms with Gasteiger partial charge in [-0.15, -0.1) is 0 Å². The summed E-state index contributed by atoms with van der Waals surface area (Å²) < 4.78 is 11.6. The SMILES string of the molecule is COc1ccc(C(=O)N[C@H](C)c2ccc(Cl)cc2)cc1COc1cccc2ccccc12. The van der Waals surface area contributed by atoms with E-state index in [1.165, 1.54) is 0 Å². The van der Waals surface area contributed by atoms with Crippen molar-refractivity contribution in [2.24, 2.45) is 0 Å². The average Bonchev–Trinajstić information content (AvgIpc) is 2.82. The van der Waals surface area contributed by atoms with Gasteiger partial charge in [0.1, 0.15) is 18.1 Å². The Morgan fingerprint density at radius 2 is 1.69 bits per heavy atom. The number of fused-ring (bicyclic) bond motifs is 1. The fraction of sp³-hybridized carbons (Fsp3) is 0.148. The van der Waals surface area contributed by atoms with E-state index in [9.17, 15) is 4.79 Å². The van der Waals surface area contributed by atoms with Crippen molar-refractivity contribution in [3.05, 3.63) is 107 Å². The second kappa shape index (κ2) is 9.75. The van der Waals surface area contributed by atoms with Crippen LogP contribution in [0.15, 0.2) is 84.9 Å². The molecular weight excluding hydrogens is 422 g/mol. The molecule has 0 saturated carbocycles. The second-order valence-electron chi connectivity index (χ2n) is 7.54. The van der Waals surface area contributed by atoms with Crippen molar-refractivity contribution in [1.29, 1.82) is 0 Å². The lowest BCUT2D eigenvalue weighted by Crippen LogP contribution is -2.26. The second-order valence-corrected chi connectivity index (χ2v) is 7.98. The molecular formula is C27H24ClNO3. The quantitative estimate of drug-likeness (QED) is 0.350. The van der Waals surface area contributed by atoms with Gasteiger partial charge in [0.05, 0.1) is 13.2 Å². The minimum absolute atomic E-state index is 0.155. The molecule has 0 radical (unpaired) electrons.